The molecule has 27 heteroatoms. The Hall–Kier alpha value is -7.65. The molecular weight excluding hydrogens is 1160 g/mol. The first-order chi connectivity index (χ1) is 41.6. The lowest BCUT2D eigenvalue weighted by Crippen LogP contribution is -2.35. The van der Waals surface area contributed by atoms with E-state index in [1.807, 2.05) is 0 Å². The van der Waals surface area contributed by atoms with Crippen LogP contribution in [0.15, 0.2) is 51.5 Å². The van der Waals surface area contributed by atoms with Gasteiger partial charge in [0, 0.05) is 30.2 Å². The first kappa shape index (κ1) is 57.4. The molecule has 3 aromatic heterocycles. The summed E-state index contributed by atoms with van der Waals surface area (Å²) in [6.45, 7) is 2.93. The summed E-state index contributed by atoms with van der Waals surface area (Å²) in [5.74, 6) is 0.581. The van der Waals surface area contributed by atoms with Crippen molar-refractivity contribution in [2.75, 3.05) is 35.8 Å². The minimum atomic E-state index is -4.10. The van der Waals surface area contributed by atoms with Gasteiger partial charge in [-0.3, -0.25) is 0 Å². The van der Waals surface area contributed by atoms with Gasteiger partial charge in [0.15, 0.2) is 14.7 Å². The molecule has 86 heavy (non-hydrogen) atoms. The predicted molar refractivity (Wildman–Crippen MR) is 316 cm³/mol. The Morgan fingerprint density at radius 2 is 0.628 bits per heavy atom. The van der Waals surface area contributed by atoms with Crippen molar-refractivity contribution in [1.29, 1.82) is 0 Å². The van der Waals surface area contributed by atoms with Crippen LogP contribution in [0.1, 0.15) is 137 Å². The Morgan fingerprint density at radius 1 is 0.349 bits per heavy atom. The second-order valence-corrected chi connectivity index (χ2v) is 28.3. The van der Waals surface area contributed by atoms with Gasteiger partial charge >= 0.3 is 18.1 Å². The number of rotatable bonds is 9. The molecule has 15 rings (SSSR count). The highest BCUT2D eigenvalue weighted by atomic mass is 32.2. The van der Waals surface area contributed by atoms with Crippen molar-refractivity contribution >= 4 is 65.2 Å². The highest BCUT2D eigenvalue weighted by Gasteiger charge is 2.35. The molecule has 3 aromatic carbocycles. The molecule has 9 aliphatic rings. The first-order valence-corrected chi connectivity index (χ1v) is 34.6. The average Bonchev–Trinajstić information content (AvgIpc) is 3.47. The van der Waals surface area contributed by atoms with Crippen LogP contribution in [0.5, 0.6) is 17.6 Å². The summed E-state index contributed by atoms with van der Waals surface area (Å²) < 4.78 is 104. The highest BCUT2D eigenvalue weighted by Crippen LogP contribution is 2.42. The maximum Gasteiger partial charge on any atom is 0.333 e. The summed E-state index contributed by atoms with van der Waals surface area (Å²) in [6.07, 6.45) is 26.1. The van der Waals surface area contributed by atoms with Crippen LogP contribution >= 0.6 is 0 Å². The molecule has 24 nitrogen and oxygen atoms in total. The molecular formula is C59H70N12O12S3. The number of aryl methyl sites for hydroxylation is 8. The van der Waals surface area contributed by atoms with E-state index in [4.69, 9.17) is 14.2 Å². The summed E-state index contributed by atoms with van der Waals surface area (Å²) in [5.41, 5.74) is 17.0. The van der Waals surface area contributed by atoms with Crippen LogP contribution in [0.4, 0.5) is 31.4 Å². The number of carbonyl (C=O) groups excluding carboxylic acids is 3. The van der Waals surface area contributed by atoms with Crippen LogP contribution in [0.3, 0.4) is 0 Å². The molecule has 3 aliphatic heterocycles. The number of anilines is 3. The lowest BCUT2D eigenvalue weighted by molar-refractivity contribution is 0.248. The quantitative estimate of drug-likeness (QED) is 0.0831. The first-order valence-electron chi connectivity index (χ1n) is 30.2. The smallest absolute Gasteiger partial charge is 0.333 e. The number of benzene rings is 3. The molecule has 0 fully saturated rings. The molecule has 0 bridgehead atoms. The molecule has 0 saturated carbocycles. The van der Waals surface area contributed by atoms with E-state index in [0.29, 0.717) is 39.5 Å². The molecule has 0 atom stereocenters. The molecule has 6 aromatic rings. The third kappa shape index (κ3) is 11.4. The normalized spacial score (nSPS) is 17.6. The number of urea groups is 3. The van der Waals surface area contributed by atoms with E-state index in [2.05, 4.69) is 63.6 Å². The molecule has 0 radical (unpaired) electrons. The van der Waals surface area contributed by atoms with E-state index in [9.17, 15) is 39.6 Å². The Balaban J connectivity index is 0.000000120. The SMILES string of the molecule is O=C(Nc1c2c(cc3c1CCC3)CCC2)NS(=O)(=O)c1cnn2c1OCC2.O=C(Nc1c2c(cc3c1CCC3)CCC2)NS(=O)(=O)c1cnn2c1OCCCC2.O=C(Nc1c2c(cc3c1CCC3)CCC2)NS(=O)(=O)c1cnn2c1OCCCCC2. The van der Waals surface area contributed by atoms with Crippen molar-refractivity contribution in [3.05, 3.63) is 104 Å². The number of ether oxygens (including phenoxy) is 3. The van der Waals surface area contributed by atoms with Gasteiger partial charge in [0.2, 0.25) is 17.6 Å². The van der Waals surface area contributed by atoms with Crippen molar-refractivity contribution in [2.24, 2.45) is 0 Å². The van der Waals surface area contributed by atoms with Crippen LogP contribution in [0.25, 0.3) is 0 Å². The van der Waals surface area contributed by atoms with Crippen molar-refractivity contribution in [3.8, 4) is 17.6 Å². The van der Waals surface area contributed by atoms with E-state index in [0.717, 1.165) is 198 Å². The van der Waals surface area contributed by atoms with Gasteiger partial charge in [-0.15, -0.1) is 0 Å². The van der Waals surface area contributed by atoms with E-state index in [-0.39, 0.29) is 32.3 Å². The van der Waals surface area contributed by atoms with E-state index >= 15 is 0 Å². The average molecular weight is 1240 g/mol. The molecule has 6 amide bonds. The Bertz CT molecular complexity index is 3980. The Morgan fingerprint density at radius 3 is 0.953 bits per heavy atom. The third-order valence-corrected chi connectivity index (χ3v) is 21.7. The number of aromatic nitrogens is 6. The van der Waals surface area contributed by atoms with Gasteiger partial charge < -0.3 is 30.2 Å². The van der Waals surface area contributed by atoms with Crippen LogP contribution < -0.4 is 44.3 Å². The predicted octanol–water partition coefficient (Wildman–Crippen LogP) is 7.24. The summed E-state index contributed by atoms with van der Waals surface area (Å²) >= 11 is 0. The lowest BCUT2D eigenvalue weighted by Gasteiger charge is -2.17. The summed E-state index contributed by atoms with van der Waals surface area (Å²) in [6, 6.07) is 4.57. The molecule has 6 N–H and O–H groups in total. The molecule has 456 valence electrons. The zero-order chi connectivity index (χ0) is 59.3. The number of hydrogen-bond donors (Lipinski definition) is 6. The molecule has 6 heterocycles. The number of amides is 6. The monoisotopic (exact) mass is 1230 g/mol. The van der Waals surface area contributed by atoms with Crippen molar-refractivity contribution in [1.82, 2.24) is 43.5 Å². The number of hydrogen-bond acceptors (Lipinski definition) is 15. The summed E-state index contributed by atoms with van der Waals surface area (Å²) in [5, 5.41) is 20.8. The number of sulfonamides is 3. The molecule has 0 spiro atoms. The third-order valence-electron chi connectivity index (χ3n) is 17.8. The minimum Gasteiger partial charge on any atom is -0.477 e. The lowest BCUT2D eigenvalue weighted by atomic mass is 9.99. The highest BCUT2D eigenvalue weighted by molar-refractivity contribution is 7.90. The molecule has 0 saturated heterocycles. The number of carbonyl (C=O) groups is 3. The number of fused-ring (bicyclic) bond motifs is 9. The van der Waals surface area contributed by atoms with Gasteiger partial charge in [-0.2, -0.15) is 15.3 Å². The van der Waals surface area contributed by atoms with Gasteiger partial charge in [-0.05, 0) is 214 Å². The fraction of sp³-hybridized carbons (Fsp3) is 0.492. The van der Waals surface area contributed by atoms with Gasteiger partial charge in [0.05, 0.1) is 38.3 Å². The topological polar surface area (TPSA) is 307 Å². The van der Waals surface area contributed by atoms with Crippen molar-refractivity contribution in [2.45, 2.75) is 182 Å². The Kier molecular flexibility index (Phi) is 15.7. The van der Waals surface area contributed by atoms with E-state index in [1.165, 1.54) is 61.3 Å². The Labute approximate surface area is 499 Å². The van der Waals surface area contributed by atoms with E-state index in [1.54, 1.807) is 4.68 Å². The summed E-state index contributed by atoms with van der Waals surface area (Å²) in [4.78, 5) is 37.7. The van der Waals surface area contributed by atoms with Gasteiger partial charge in [-0.1, -0.05) is 18.2 Å². The largest absolute Gasteiger partial charge is 0.477 e. The second-order valence-electron chi connectivity index (χ2n) is 23.3. The number of nitrogens with zero attached hydrogens (tertiary/aromatic N) is 6. The van der Waals surface area contributed by atoms with Crippen molar-refractivity contribution in [3.63, 3.8) is 0 Å². The maximum atomic E-state index is 12.9. The fourth-order valence-corrected chi connectivity index (χ4v) is 16.8. The fourth-order valence-electron chi connectivity index (χ4n) is 13.9. The van der Waals surface area contributed by atoms with Crippen molar-refractivity contribution < 1.29 is 53.8 Å². The van der Waals surface area contributed by atoms with Gasteiger partial charge in [0.1, 0.15) is 6.61 Å². The minimum absolute atomic E-state index is 0.0944. The standard InChI is InChI=1S/C21H26N4O4S.C20H24N4O4S.C18H20N4O4S/c26-21(23-19-16-8-4-6-14(16)12-15-7-5-9-17(15)19)24-30(27,28)18-13-22-25-10-2-1-3-11-29-20(18)25;25-20(22-18-15-7-3-5-13(15)11-14-6-4-8-16(14)18)23-29(26,27)17-12-21-24-9-1-2-10-28-19(17)24;23-18(21-27(24,25)15-10-19-22-7-8-26-17(15)22)20-16-13-5-1-3-11(13)9-12-4-2-6-14(12)16/h12-13H,1-11H2,(H2,23,24,26);11-12H,1-10H2,(H2,22,23,25);9-10H,1-8H2,(H2,20,21,23). The zero-order valence-corrected chi connectivity index (χ0v) is 50.2. The van der Waals surface area contributed by atoms with Gasteiger partial charge in [0.25, 0.3) is 30.1 Å². The molecule has 6 aliphatic carbocycles. The van der Waals surface area contributed by atoms with Gasteiger partial charge in [-0.25, -0.2) is 67.8 Å². The van der Waals surface area contributed by atoms with Crippen LogP contribution in [0, 0.1) is 0 Å². The van der Waals surface area contributed by atoms with Crippen LogP contribution in [-0.4, -0.2) is 92.5 Å². The van der Waals surface area contributed by atoms with E-state index < -0.39 is 48.2 Å². The van der Waals surface area contributed by atoms with Crippen LogP contribution in [-0.2, 0) is 127 Å². The maximum absolute atomic E-state index is 12.9. The second kappa shape index (κ2) is 23.6. The van der Waals surface area contributed by atoms with Crippen LogP contribution in [0.2, 0.25) is 0 Å². The molecule has 0 unspecified atom stereocenters. The number of nitrogens with one attached hydrogen (secondary N) is 6. The zero-order valence-electron chi connectivity index (χ0n) is 47.8. The summed E-state index contributed by atoms with van der Waals surface area (Å²) in [7, 11) is -12.3.